The first-order chi connectivity index (χ1) is 5.59. The fourth-order valence-corrected chi connectivity index (χ4v) is 1.78. The summed E-state index contributed by atoms with van der Waals surface area (Å²) in [6, 6.07) is 0.833. The zero-order valence-electron chi connectivity index (χ0n) is 8.93. The normalized spacial score (nSPS) is 29.5. The summed E-state index contributed by atoms with van der Waals surface area (Å²) in [5, 5.41) is 3.60. The lowest BCUT2D eigenvalue weighted by molar-refractivity contribution is 0.165. The predicted molar refractivity (Wildman–Crippen MR) is 54.2 cm³/mol. The molecule has 0 radical (unpaired) electrons. The van der Waals surface area contributed by atoms with Crippen LogP contribution in [0.25, 0.3) is 0 Å². The summed E-state index contributed by atoms with van der Waals surface area (Å²) in [7, 11) is 0. The largest absolute Gasteiger partial charge is 0.314 e. The maximum absolute atomic E-state index is 3.60. The Kier molecular flexibility index (Phi) is 3.57. The maximum Gasteiger partial charge on any atom is 0.00726 e. The highest BCUT2D eigenvalue weighted by Gasteiger charge is 2.30. The molecule has 1 fully saturated rings. The van der Waals surface area contributed by atoms with Gasteiger partial charge in [-0.25, -0.2) is 0 Å². The average Bonchev–Trinajstić information content (AvgIpc) is 1.82. The molecule has 0 heterocycles. The van der Waals surface area contributed by atoms with Crippen LogP contribution in [0.3, 0.4) is 0 Å². The van der Waals surface area contributed by atoms with Gasteiger partial charge in [0.1, 0.15) is 0 Å². The summed E-state index contributed by atoms with van der Waals surface area (Å²) in [5.74, 6) is 2.68. The van der Waals surface area contributed by atoms with E-state index < -0.39 is 0 Å². The average molecular weight is 169 g/mol. The second-order valence-corrected chi connectivity index (χ2v) is 4.97. The molecule has 1 nitrogen and oxygen atoms in total. The summed E-state index contributed by atoms with van der Waals surface area (Å²) in [6.45, 7) is 10.4. The van der Waals surface area contributed by atoms with Crippen LogP contribution in [0.15, 0.2) is 0 Å². The molecule has 0 aromatic heterocycles. The highest BCUT2D eigenvalue weighted by Crippen LogP contribution is 2.33. The second kappa shape index (κ2) is 4.27. The van der Waals surface area contributed by atoms with Crippen LogP contribution in [0.4, 0.5) is 0 Å². The van der Waals surface area contributed by atoms with Crippen LogP contribution in [0.5, 0.6) is 0 Å². The fraction of sp³-hybridized carbons (Fsp3) is 1.00. The van der Waals surface area contributed by atoms with Crippen molar-refractivity contribution < 1.29 is 0 Å². The van der Waals surface area contributed by atoms with Gasteiger partial charge in [0.2, 0.25) is 0 Å². The van der Waals surface area contributed by atoms with Gasteiger partial charge in [0.05, 0.1) is 0 Å². The lowest BCUT2D eigenvalue weighted by atomic mass is 9.73. The molecular formula is C11H23N. The first-order valence-corrected chi connectivity index (χ1v) is 5.33. The van der Waals surface area contributed by atoms with E-state index in [-0.39, 0.29) is 0 Å². The van der Waals surface area contributed by atoms with E-state index in [9.17, 15) is 0 Å². The Morgan fingerprint density at radius 2 is 1.75 bits per heavy atom. The van der Waals surface area contributed by atoms with Crippen LogP contribution in [0, 0.1) is 17.8 Å². The molecule has 12 heavy (non-hydrogen) atoms. The number of rotatable bonds is 4. The van der Waals surface area contributed by atoms with Crippen LogP contribution < -0.4 is 5.32 Å². The minimum atomic E-state index is 0.795. The summed E-state index contributed by atoms with van der Waals surface area (Å²) in [6.07, 6.45) is 2.81. The van der Waals surface area contributed by atoms with Crippen LogP contribution in [0.2, 0.25) is 0 Å². The third kappa shape index (κ3) is 2.78. The van der Waals surface area contributed by atoms with Gasteiger partial charge in [-0.1, -0.05) is 27.7 Å². The smallest absolute Gasteiger partial charge is 0.00726 e. The highest BCUT2D eigenvalue weighted by molar-refractivity contribution is 4.86. The zero-order chi connectivity index (χ0) is 9.14. The third-order valence-electron chi connectivity index (χ3n) is 2.93. The Morgan fingerprint density at radius 3 is 2.17 bits per heavy atom. The molecule has 1 rings (SSSR count). The quantitative estimate of drug-likeness (QED) is 0.682. The SMILES string of the molecule is CC(C)CN[C@H]1C[C@H](C(C)C)C1. The standard InChI is InChI=1S/C11H23N/c1-8(2)7-12-11-5-10(6-11)9(3)4/h8-12H,5-7H2,1-4H3/t10-,11-. The molecule has 0 atom stereocenters. The van der Waals surface area contributed by atoms with Crippen molar-refractivity contribution in [3.63, 3.8) is 0 Å². The van der Waals surface area contributed by atoms with Crippen molar-refractivity contribution >= 4 is 0 Å². The fourth-order valence-electron chi connectivity index (χ4n) is 1.78. The molecule has 0 aliphatic heterocycles. The molecular weight excluding hydrogens is 146 g/mol. The van der Waals surface area contributed by atoms with Gasteiger partial charge < -0.3 is 5.32 Å². The minimum absolute atomic E-state index is 0.795. The molecule has 1 saturated carbocycles. The van der Waals surface area contributed by atoms with E-state index in [4.69, 9.17) is 0 Å². The molecule has 1 aliphatic rings. The van der Waals surface area contributed by atoms with Crippen molar-refractivity contribution in [2.75, 3.05) is 6.54 Å². The van der Waals surface area contributed by atoms with E-state index in [1.807, 2.05) is 0 Å². The van der Waals surface area contributed by atoms with Crippen LogP contribution in [0.1, 0.15) is 40.5 Å². The lowest BCUT2D eigenvalue weighted by Crippen LogP contribution is -2.44. The summed E-state index contributed by atoms with van der Waals surface area (Å²) in [4.78, 5) is 0. The van der Waals surface area contributed by atoms with E-state index in [1.165, 1.54) is 19.4 Å². The van der Waals surface area contributed by atoms with Gasteiger partial charge in [0, 0.05) is 6.04 Å². The van der Waals surface area contributed by atoms with E-state index in [1.54, 1.807) is 0 Å². The van der Waals surface area contributed by atoms with Crippen molar-refractivity contribution in [2.24, 2.45) is 17.8 Å². The van der Waals surface area contributed by atoms with E-state index in [2.05, 4.69) is 33.0 Å². The second-order valence-electron chi connectivity index (χ2n) is 4.97. The van der Waals surface area contributed by atoms with Gasteiger partial charge in [-0.2, -0.15) is 0 Å². The van der Waals surface area contributed by atoms with E-state index in [0.717, 1.165) is 23.8 Å². The van der Waals surface area contributed by atoms with Crippen molar-refractivity contribution in [1.29, 1.82) is 0 Å². The predicted octanol–water partition coefficient (Wildman–Crippen LogP) is 2.67. The zero-order valence-corrected chi connectivity index (χ0v) is 8.93. The highest BCUT2D eigenvalue weighted by atomic mass is 14.9. The molecule has 0 bridgehead atoms. The number of hydrogen-bond acceptors (Lipinski definition) is 1. The van der Waals surface area contributed by atoms with Crippen molar-refractivity contribution in [1.82, 2.24) is 5.32 Å². The monoisotopic (exact) mass is 169 g/mol. The van der Waals surface area contributed by atoms with Gasteiger partial charge in [0.15, 0.2) is 0 Å². The Bertz CT molecular complexity index is 120. The first kappa shape index (κ1) is 10.0. The molecule has 0 unspecified atom stereocenters. The van der Waals surface area contributed by atoms with Gasteiger partial charge in [-0.15, -0.1) is 0 Å². The first-order valence-electron chi connectivity index (χ1n) is 5.33. The van der Waals surface area contributed by atoms with E-state index >= 15 is 0 Å². The molecule has 1 heteroatoms. The molecule has 1 aliphatic carbocycles. The maximum atomic E-state index is 3.60. The van der Waals surface area contributed by atoms with Gasteiger partial charge in [-0.3, -0.25) is 0 Å². The Balaban J connectivity index is 2.02. The lowest BCUT2D eigenvalue weighted by Gasteiger charge is -2.39. The number of hydrogen-bond donors (Lipinski definition) is 1. The summed E-state index contributed by atoms with van der Waals surface area (Å²) >= 11 is 0. The van der Waals surface area contributed by atoms with E-state index in [0.29, 0.717) is 0 Å². The van der Waals surface area contributed by atoms with Crippen LogP contribution in [-0.4, -0.2) is 12.6 Å². The van der Waals surface area contributed by atoms with Crippen molar-refractivity contribution in [2.45, 2.75) is 46.6 Å². The minimum Gasteiger partial charge on any atom is -0.314 e. The van der Waals surface area contributed by atoms with Crippen LogP contribution >= 0.6 is 0 Å². The van der Waals surface area contributed by atoms with Crippen molar-refractivity contribution in [3.8, 4) is 0 Å². The van der Waals surface area contributed by atoms with Crippen LogP contribution in [-0.2, 0) is 0 Å². The Hall–Kier alpha value is -0.0400. The summed E-state index contributed by atoms with van der Waals surface area (Å²) < 4.78 is 0. The van der Waals surface area contributed by atoms with Gasteiger partial charge in [-0.05, 0) is 37.1 Å². The molecule has 1 N–H and O–H groups in total. The van der Waals surface area contributed by atoms with Crippen molar-refractivity contribution in [3.05, 3.63) is 0 Å². The molecule has 0 amide bonds. The molecule has 0 saturated heterocycles. The molecule has 0 aromatic carbocycles. The third-order valence-corrected chi connectivity index (χ3v) is 2.93. The molecule has 72 valence electrons. The Morgan fingerprint density at radius 1 is 1.17 bits per heavy atom. The van der Waals surface area contributed by atoms with Gasteiger partial charge >= 0.3 is 0 Å². The molecule has 0 aromatic rings. The molecule has 0 spiro atoms. The van der Waals surface area contributed by atoms with Gasteiger partial charge in [0.25, 0.3) is 0 Å². The summed E-state index contributed by atoms with van der Waals surface area (Å²) in [5.41, 5.74) is 0. The topological polar surface area (TPSA) is 12.0 Å². The Labute approximate surface area is 76.9 Å². The number of nitrogens with one attached hydrogen (secondary N) is 1.